The van der Waals surface area contributed by atoms with Crippen LogP contribution in [0.15, 0.2) is 6.07 Å². The fourth-order valence-corrected chi connectivity index (χ4v) is 2.17. The van der Waals surface area contributed by atoms with E-state index in [1.165, 1.54) is 22.5 Å². The van der Waals surface area contributed by atoms with Crippen molar-refractivity contribution in [1.82, 2.24) is 10.3 Å². The summed E-state index contributed by atoms with van der Waals surface area (Å²) in [5, 5.41) is 3.36. The van der Waals surface area contributed by atoms with Gasteiger partial charge in [-0.25, -0.2) is 0 Å². The van der Waals surface area contributed by atoms with Crippen molar-refractivity contribution in [2.75, 3.05) is 0 Å². The molecule has 0 bridgehead atoms. The molecule has 1 aliphatic heterocycles. The highest BCUT2D eigenvalue weighted by molar-refractivity contribution is 5.36. The normalized spacial score (nSPS) is 14.1. The van der Waals surface area contributed by atoms with Crippen LogP contribution in [0, 0.1) is 0 Å². The molecule has 0 radical (unpaired) electrons. The van der Waals surface area contributed by atoms with E-state index >= 15 is 0 Å². The van der Waals surface area contributed by atoms with Crippen LogP contribution in [0.4, 0.5) is 0 Å². The maximum absolute atomic E-state index is 4.81. The van der Waals surface area contributed by atoms with E-state index in [1.807, 2.05) is 0 Å². The largest absolute Gasteiger partial charge is 0.307 e. The molecule has 0 saturated carbocycles. The van der Waals surface area contributed by atoms with Crippen molar-refractivity contribution in [3.63, 3.8) is 0 Å². The van der Waals surface area contributed by atoms with Crippen molar-refractivity contribution in [1.29, 1.82) is 0 Å². The first-order valence-electron chi connectivity index (χ1n) is 5.83. The maximum Gasteiger partial charge on any atom is 0.0590 e. The summed E-state index contributed by atoms with van der Waals surface area (Å²) in [7, 11) is 0. The van der Waals surface area contributed by atoms with Gasteiger partial charge in [0.15, 0.2) is 0 Å². The number of pyridine rings is 1. The number of nitrogens with one attached hydrogen (secondary N) is 1. The highest BCUT2D eigenvalue weighted by Gasteiger charge is 2.18. The zero-order valence-electron chi connectivity index (χ0n) is 10.1. The zero-order valence-corrected chi connectivity index (χ0v) is 10.1. The second-order valence-corrected chi connectivity index (χ2v) is 4.98. The van der Waals surface area contributed by atoms with Crippen LogP contribution in [0.5, 0.6) is 0 Å². The van der Waals surface area contributed by atoms with Crippen LogP contribution in [-0.2, 0) is 13.1 Å². The average molecular weight is 220 g/mol. The minimum atomic E-state index is 0. The lowest BCUT2D eigenvalue weighted by molar-refractivity contribution is 0.737. The molecule has 90 valence electrons. The molecule has 0 aromatic carbocycles. The van der Waals surface area contributed by atoms with Crippen LogP contribution in [0.3, 0.4) is 0 Å². The van der Waals surface area contributed by atoms with Gasteiger partial charge in [0.05, 0.1) is 5.69 Å². The third-order valence-electron chi connectivity index (χ3n) is 3.03. The van der Waals surface area contributed by atoms with Crippen molar-refractivity contribution < 1.29 is 0 Å². The Morgan fingerprint density at radius 1 is 1.12 bits per heavy atom. The minimum absolute atomic E-state index is 0. The second-order valence-electron chi connectivity index (χ2n) is 4.98. The Morgan fingerprint density at radius 3 is 2.38 bits per heavy atom. The molecular formula is C14H24N2. The molecule has 2 heterocycles. The Balaban J connectivity index is 0.00000128. The van der Waals surface area contributed by atoms with E-state index in [0.717, 1.165) is 13.1 Å². The molecule has 0 amide bonds. The summed E-state index contributed by atoms with van der Waals surface area (Å²) < 4.78 is 0. The zero-order chi connectivity index (χ0) is 11.0. The molecule has 1 N–H and O–H groups in total. The van der Waals surface area contributed by atoms with Crippen LogP contribution >= 0.6 is 0 Å². The monoisotopic (exact) mass is 220 g/mol. The number of aromatic nitrogens is 1. The lowest BCUT2D eigenvalue weighted by Gasteiger charge is -2.16. The summed E-state index contributed by atoms with van der Waals surface area (Å²) in [6, 6.07) is 2.35. The molecule has 0 unspecified atom stereocenters. The SMILES string of the molecule is C.CC(C)c1cc2c(nc1C(C)C)CNC2. The fourth-order valence-electron chi connectivity index (χ4n) is 2.17. The molecule has 0 fully saturated rings. The molecule has 2 nitrogen and oxygen atoms in total. The van der Waals surface area contributed by atoms with Gasteiger partial charge in [0.1, 0.15) is 0 Å². The van der Waals surface area contributed by atoms with Gasteiger partial charge in [-0.05, 0) is 23.0 Å². The van der Waals surface area contributed by atoms with Gasteiger partial charge in [-0.1, -0.05) is 41.2 Å². The van der Waals surface area contributed by atoms with Crippen molar-refractivity contribution in [2.24, 2.45) is 0 Å². The van der Waals surface area contributed by atoms with E-state index in [4.69, 9.17) is 4.98 Å². The van der Waals surface area contributed by atoms with Crippen LogP contribution in [0.2, 0.25) is 0 Å². The number of hydrogen-bond acceptors (Lipinski definition) is 2. The summed E-state index contributed by atoms with van der Waals surface area (Å²) in [6.07, 6.45) is 0. The Labute approximate surface area is 99.5 Å². The minimum Gasteiger partial charge on any atom is -0.307 e. The second kappa shape index (κ2) is 4.96. The molecule has 0 spiro atoms. The number of nitrogens with zero attached hydrogens (tertiary/aromatic N) is 1. The van der Waals surface area contributed by atoms with Gasteiger partial charge in [-0.3, -0.25) is 4.98 Å². The highest BCUT2D eigenvalue weighted by atomic mass is 14.9. The summed E-state index contributed by atoms with van der Waals surface area (Å²) >= 11 is 0. The van der Waals surface area contributed by atoms with Crippen LogP contribution in [-0.4, -0.2) is 4.98 Å². The molecule has 2 heteroatoms. The molecule has 0 atom stereocenters. The third-order valence-corrected chi connectivity index (χ3v) is 3.03. The molecule has 1 aromatic rings. The first-order chi connectivity index (χ1) is 7.09. The van der Waals surface area contributed by atoms with Crippen molar-refractivity contribution >= 4 is 0 Å². The fraction of sp³-hybridized carbons (Fsp3) is 0.643. The predicted molar refractivity (Wildman–Crippen MR) is 69.7 cm³/mol. The summed E-state index contributed by atoms with van der Waals surface area (Å²) in [5.74, 6) is 1.09. The highest BCUT2D eigenvalue weighted by Crippen LogP contribution is 2.28. The van der Waals surface area contributed by atoms with Gasteiger partial charge in [-0.2, -0.15) is 0 Å². The number of fused-ring (bicyclic) bond motifs is 1. The van der Waals surface area contributed by atoms with Crippen LogP contribution in [0.1, 0.15) is 69.5 Å². The molecule has 16 heavy (non-hydrogen) atoms. The summed E-state index contributed by atoms with van der Waals surface area (Å²) in [4.78, 5) is 4.81. The molecular weight excluding hydrogens is 196 g/mol. The number of hydrogen-bond donors (Lipinski definition) is 1. The third kappa shape index (κ3) is 2.27. The van der Waals surface area contributed by atoms with Crippen molar-refractivity contribution in [3.05, 3.63) is 28.6 Å². The van der Waals surface area contributed by atoms with Crippen molar-refractivity contribution in [3.8, 4) is 0 Å². The average Bonchev–Trinajstić information content (AvgIpc) is 2.61. The van der Waals surface area contributed by atoms with Crippen LogP contribution < -0.4 is 5.32 Å². The predicted octanol–water partition coefficient (Wildman–Crippen LogP) is 3.57. The van der Waals surface area contributed by atoms with Gasteiger partial charge >= 0.3 is 0 Å². The van der Waals surface area contributed by atoms with E-state index in [0.29, 0.717) is 11.8 Å². The summed E-state index contributed by atoms with van der Waals surface area (Å²) in [6.45, 7) is 10.9. The Morgan fingerprint density at radius 2 is 1.81 bits per heavy atom. The number of rotatable bonds is 2. The van der Waals surface area contributed by atoms with E-state index in [9.17, 15) is 0 Å². The smallest absolute Gasteiger partial charge is 0.0590 e. The van der Waals surface area contributed by atoms with Gasteiger partial charge in [0.2, 0.25) is 0 Å². The maximum atomic E-state index is 4.81. The topological polar surface area (TPSA) is 24.9 Å². The van der Waals surface area contributed by atoms with E-state index in [1.54, 1.807) is 0 Å². The van der Waals surface area contributed by atoms with Gasteiger partial charge < -0.3 is 5.32 Å². The first-order valence-corrected chi connectivity index (χ1v) is 5.83. The van der Waals surface area contributed by atoms with Gasteiger partial charge in [0.25, 0.3) is 0 Å². The van der Waals surface area contributed by atoms with E-state index in [-0.39, 0.29) is 7.43 Å². The van der Waals surface area contributed by atoms with Gasteiger partial charge in [0, 0.05) is 18.8 Å². The molecule has 0 saturated heterocycles. The lowest BCUT2D eigenvalue weighted by Crippen LogP contribution is -2.05. The molecule has 1 aromatic heterocycles. The van der Waals surface area contributed by atoms with E-state index < -0.39 is 0 Å². The summed E-state index contributed by atoms with van der Waals surface area (Å²) in [5.41, 5.74) is 5.35. The Bertz CT molecular complexity index is 332. The molecule has 0 aliphatic carbocycles. The lowest BCUT2D eigenvalue weighted by atomic mass is 9.93. The standard InChI is InChI=1S/C13H20N2.CH4/c1-8(2)11-5-10-6-14-7-12(10)15-13(11)9(3)4;/h5,8-9,14H,6-7H2,1-4H3;1H4. The van der Waals surface area contributed by atoms with Crippen molar-refractivity contribution in [2.45, 2.75) is 60.0 Å². The van der Waals surface area contributed by atoms with E-state index in [2.05, 4.69) is 39.1 Å². The Hall–Kier alpha value is -0.890. The first kappa shape index (κ1) is 13.2. The van der Waals surface area contributed by atoms with Crippen LogP contribution in [0.25, 0.3) is 0 Å². The quantitative estimate of drug-likeness (QED) is 0.824. The van der Waals surface area contributed by atoms with Gasteiger partial charge in [-0.15, -0.1) is 0 Å². The molecule has 2 rings (SSSR count). The Kier molecular flexibility index (Phi) is 4.09. The molecule has 1 aliphatic rings.